The molecular formula is C38H24O. The van der Waals surface area contributed by atoms with E-state index < -0.39 is 0 Å². The normalized spacial score (nSPS) is 16.4. The molecule has 6 aromatic carbocycles. The van der Waals surface area contributed by atoms with Gasteiger partial charge in [-0.15, -0.1) is 0 Å². The smallest absolute Gasteiger partial charge is 0.135 e. The van der Waals surface area contributed by atoms with Gasteiger partial charge in [-0.1, -0.05) is 109 Å². The first-order valence-corrected chi connectivity index (χ1v) is 13.6. The number of aryl methyl sites for hydroxylation is 1. The van der Waals surface area contributed by atoms with E-state index in [2.05, 4.69) is 122 Å². The fourth-order valence-electron chi connectivity index (χ4n) is 7.34. The van der Waals surface area contributed by atoms with E-state index in [4.69, 9.17) is 4.42 Å². The van der Waals surface area contributed by atoms with Gasteiger partial charge in [0.15, 0.2) is 0 Å². The van der Waals surface area contributed by atoms with Crippen molar-refractivity contribution in [1.82, 2.24) is 0 Å². The largest absolute Gasteiger partial charge is 0.456 e. The van der Waals surface area contributed by atoms with Crippen LogP contribution in [0.2, 0.25) is 0 Å². The van der Waals surface area contributed by atoms with Gasteiger partial charge in [0.05, 0.1) is 5.41 Å². The second kappa shape index (κ2) is 7.36. The summed E-state index contributed by atoms with van der Waals surface area (Å²) in [4.78, 5) is 0. The maximum atomic E-state index is 6.13. The minimum Gasteiger partial charge on any atom is -0.456 e. The Morgan fingerprint density at radius 2 is 1.00 bits per heavy atom. The number of furan rings is 1. The zero-order valence-corrected chi connectivity index (χ0v) is 21.5. The fourth-order valence-corrected chi connectivity index (χ4v) is 7.34. The number of rotatable bonds is 1. The molecule has 0 radical (unpaired) electrons. The van der Waals surface area contributed by atoms with Crippen LogP contribution in [-0.4, -0.2) is 0 Å². The van der Waals surface area contributed by atoms with Gasteiger partial charge in [0.1, 0.15) is 11.2 Å². The van der Waals surface area contributed by atoms with E-state index in [1.54, 1.807) is 0 Å². The predicted molar refractivity (Wildman–Crippen MR) is 160 cm³/mol. The topological polar surface area (TPSA) is 13.1 Å². The third-order valence-corrected chi connectivity index (χ3v) is 8.96. The molecule has 9 rings (SSSR count). The van der Waals surface area contributed by atoms with Gasteiger partial charge in [-0.05, 0) is 86.8 Å². The zero-order valence-electron chi connectivity index (χ0n) is 21.5. The van der Waals surface area contributed by atoms with Crippen molar-refractivity contribution >= 4 is 21.9 Å². The molecule has 182 valence electrons. The summed E-state index contributed by atoms with van der Waals surface area (Å²) in [5, 5.41) is 2.32. The van der Waals surface area contributed by atoms with Crippen LogP contribution >= 0.6 is 0 Å². The van der Waals surface area contributed by atoms with Crippen LogP contribution in [0.4, 0.5) is 0 Å². The van der Waals surface area contributed by atoms with E-state index in [1.807, 2.05) is 12.1 Å². The van der Waals surface area contributed by atoms with Crippen LogP contribution < -0.4 is 0 Å². The number of benzene rings is 6. The number of para-hydroxylation sites is 1. The molecule has 1 heteroatoms. The molecule has 1 heterocycles. The maximum Gasteiger partial charge on any atom is 0.135 e. The van der Waals surface area contributed by atoms with Crippen LogP contribution in [0.1, 0.15) is 27.8 Å². The van der Waals surface area contributed by atoms with E-state index in [9.17, 15) is 0 Å². The van der Waals surface area contributed by atoms with Gasteiger partial charge in [-0.25, -0.2) is 0 Å². The molecule has 0 saturated carbocycles. The van der Waals surface area contributed by atoms with Crippen LogP contribution in [0.5, 0.6) is 0 Å². The molecule has 0 N–H and O–H groups in total. The Hall–Kier alpha value is -4.88. The average molecular weight is 497 g/mol. The SMILES string of the molecule is Cc1ccc2c(c1)C1(c3ccccc3-2)c2ccccc2-c2ccc(-c3ccc4oc5ccccc5c4c3)cc21. The third-order valence-electron chi connectivity index (χ3n) is 8.96. The van der Waals surface area contributed by atoms with Crippen molar-refractivity contribution in [2.75, 3.05) is 0 Å². The molecular weight excluding hydrogens is 472 g/mol. The molecule has 1 unspecified atom stereocenters. The lowest BCUT2D eigenvalue weighted by Crippen LogP contribution is -2.26. The first-order chi connectivity index (χ1) is 19.2. The van der Waals surface area contributed by atoms with Gasteiger partial charge in [-0.3, -0.25) is 0 Å². The maximum absolute atomic E-state index is 6.13. The third kappa shape index (κ3) is 2.60. The van der Waals surface area contributed by atoms with E-state index >= 15 is 0 Å². The van der Waals surface area contributed by atoms with Crippen molar-refractivity contribution in [2.45, 2.75) is 12.3 Å². The molecule has 1 nitrogen and oxygen atoms in total. The fraction of sp³-hybridized carbons (Fsp3) is 0.0526. The van der Waals surface area contributed by atoms with E-state index in [-0.39, 0.29) is 5.41 Å². The van der Waals surface area contributed by atoms with Gasteiger partial charge in [0.25, 0.3) is 0 Å². The monoisotopic (exact) mass is 496 g/mol. The highest BCUT2D eigenvalue weighted by Crippen LogP contribution is 2.63. The summed E-state index contributed by atoms with van der Waals surface area (Å²) in [5.74, 6) is 0. The van der Waals surface area contributed by atoms with Crippen molar-refractivity contribution in [2.24, 2.45) is 0 Å². The highest BCUT2D eigenvalue weighted by atomic mass is 16.3. The quantitative estimate of drug-likeness (QED) is 0.220. The first-order valence-electron chi connectivity index (χ1n) is 13.6. The van der Waals surface area contributed by atoms with Crippen molar-refractivity contribution < 1.29 is 4.42 Å². The highest BCUT2D eigenvalue weighted by Gasteiger charge is 2.51. The Morgan fingerprint density at radius 3 is 1.79 bits per heavy atom. The minimum atomic E-state index is -0.327. The Kier molecular flexibility index (Phi) is 3.98. The van der Waals surface area contributed by atoms with Crippen LogP contribution in [0.15, 0.2) is 132 Å². The van der Waals surface area contributed by atoms with E-state index in [1.165, 1.54) is 61.2 Å². The predicted octanol–water partition coefficient (Wildman–Crippen LogP) is 9.90. The summed E-state index contributed by atoms with van der Waals surface area (Å²) in [6, 6.07) is 47.0. The summed E-state index contributed by atoms with van der Waals surface area (Å²) in [5.41, 5.74) is 16.1. The second-order valence-electron chi connectivity index (χ2n) is 11.0. The van der Waals surface area contributed by atoms with E-state index in [0.717, 1.165) is 21.9 Å². The zero-order chi connectivity index (χ0) is 25.7. The lowest BCUT2D eigenvalue weighted by molar-refractivity contribution is 0.669. The molecule has 2 aliphatic rings. The molecule has 1 aromatic heterocycles. The second-order valence-corrected chi connectivity index (χ2v) is 11.0. The van der Waals surface area contributed by atoms with Crippen LogP contribution in [0.3, 0.4) is 0 Å². The first kappa shape index (κ1) is 21.1. The molecule has 1 spiro atoms. The van der Waals surface area contributed by atoms with Crippen molar-refractivity contribution in [3.8, 4) is 33.4 Å². The molecule has 0 fully saturated rings. The summed E-state index contributed by atoms with van der Waals surface area (Å²) in [6.07, 6.45) is 0. The standard InChI is InChI=1S/C38H24O/c1-23-14-17-28-26-8-2-5-11-32(26)38(34(28)20-23)33-12-6-3-9-27(33)29-18-15-25(22-35(29)38)24-16-19-37-31(21-24)30-10-4-7-13-36(30)39-37/h2-22H,1H3. The molecule has 1 atom stereocenters. The molecule has 39 heavy (non-hydrogen) atoms. The van der Waals surface area contributed by atoms with Crippen molar-refractivity contribution in [3.63, 3.8) is 0 Å². The highest BCUT2D eigenvalue weighted by molar-refractivity contribution is 6.06. The number of hydrogen-bond donors (Lipinski definition) is 0. The summed E-state index contributed by atoms with van der Waals surface area (Å²) in [7, 11) is 0. The van der Waals surface area contributed by atoms with Gasteiger partial charge in [-0.2, -0.15) is 0 Å². The minimum absolute atomic E-state index is 0.327. The Morgan fingerprint density at radius 1 is 0.436 bits per heavy atom. The van der Waals surface area contributed by atoms with Gasteiger partial charge in [0, 0.05) is 10.8 Å². The molecule has 0 bridgehead atoms. The Balaban J connectivity index is 1.36. The summed E-state index contributed by atoms with van der Waals surface area (Å²) < 4.78 is 6.13. The average Bonchev–Trinajstić information content (AvgIpc) is 3.60. The molecule has 7 aromatic rings. The van der Waals surface area contributed by atoms with Crippen LogP contribution in [0, 0.1) is 6.92 Å². The van der Waals surface area contributed by atoms with Gasteiger partial charge >= 0.3 is 0 Å². The molecule has 0 amide bonds. The lowest BCUT2D eigenvalue weighted by atomic mass is 9.70. The lowest BCUT2D eigenvalue weighted by Gasteiger charge is -2.31. The molecule has 0 aliphatic heterocycles. The van der Waals surface area contributed by atoms with Crippen molar-refractivity contribution in [1.29, 1.82) is 0 Å². The molecule has 0 saturated heterocycles. The van der Waals surface area contributed by atoms with Crippen LogP contribution in [0.25, 0.3) is 55.3 Å². The van der Waals surface area contributed by atoms with E-state index in [0.29, 0.717) is 0 Å². The number of fused-ring (bicyclic) bond motifs is 13. The molecule has 2 aliphatic carbocycles. The Labute approximate surface area is 227 Å². The van der Waals surface area contributed by atoms with Crippen molar-refractivity contribution in [3.05, 3.63) is 155 Å². The number of hydrogen-bond acceptors (Lipinski definition) is 1. The summed E-state index contributed by atoms with van der Waals surface area (Å²) in [6.45, 7) is 2.21. The Bertz CT molecular complexity index is 2130. The van der Waals surface area contributed by atoms with Gasteiger partial charge < -0.3 is 4.42 Å². The van der Waals surface area contributed by atoms with Crippen LogP contribution in [-0.2, 0) is 5.41 Å². The summed E-state index contributed by atoms with van der Waals surface area (Å²) >= 11 is 0. The van der Waals surface area contributed by atoms with Gasteiger partial charge in [0.2, 0.25) is 0 Å².